The molecule has 0 radical (unpaired) electrons. The van der Waals surface area contributed by atoms with Crippen LogP contribution in [0.25, 0.3) is 0 Å². The Morgan fingerprint density at radius 2 is 1.95 bits per heavy atom. The summed E-state index contributed by atoms with van der Waals surface area (Å²) < 4.78 is 0. The topological polar surface area (TPSA) is 32.7 Å². The third-order valence-electron chi connectivity index (χ3n) is 3.80. The molecule has 2 heterocycles. The number of allylic oxidation sites excluding steroid dienone is 3. The van der Waals surface area contributed by atoms with Gasteiger partial charge in [-0.15, -0.1) is 0 Å². The number of carbonyl (C=O) groups excluding carboxylic acids is 1. The summed E-state index contributed by atoms with van der Waals surface area (Å²) in [5.74, 6) is 1.11. The van der Waals surface area contributed by atoms with Crippen molar-refractivity contribution in [2.45, 2.75) is 13.8 Å². The third kappa shape index (κ3) is 2.31. The second-order valence-electron chi connectivity index (χ2n) is 5.41. The van der Waals surface area contributed by atoms with E-state index in [1.807, 2.05) is 30.3 Å². The minimum Gasteiger partial charge on any atom is -0.330 e. The summed E-state index contributed by atoms with van der Waals surface area (Å²) >= 11 is 0. The maximum absolute atomic E-state index is 12.5. The number of aliphatic imine (C=N–C) groups is 1. The highest BCUT2D eigenvalue weighted by molar-refractivity contribution is 6.01. The molecule has 0 aromatic heterocycles. The normalized spacial score (nSPS) is 21.6. The fourth-order valence-corrected chi connectivity index (χ4v) is 2.77. The first kappa shape index (κ1) is 12.9. The van der Waals surface area contributed by atoms with Crippen LogP contribution in [0.2, 0.25) is 0 Å². The number of Topliss-reactive ketones (excluding diaryl/α,β-unsaturated/α-hetero) is 1. The highest BCUT2D eigenvalue weighted by Crippen LogP contribution is 2.23. The van der Waals surface area contributed by atoms with Gasteiger partial charge >= 0.3 is 0 Å². The van der Waals surface area contributed by atoms with Crippen LogP contribution in [0.4, 0.5) is 0 Å². The van der Waals surface area contributed by atoms with Crippen molar-refractivity contribution in [3.63, 3.8) is 0 Å². The van der Waals surface area contributed by atoms with Crippen LogP contribution in [0, 0.1) is 5.92 Å². The number of rotatable bonds is 2. The predicted octanol–water partition coefficient (Wildman–Crippen LogP) is 3.06. The number of ketones is 1. The van der Waals surface area contributed by atoms with E-state index in [4.69, 9.17) is 0 Å². The Balaban J connectivity index is 1.84. The lowest BCUT2D eigenvalue weighted by Gasteiger charge is -2.35. The van der Waals surface area contributed by atoms with Gasteiger partial charge in [0, 0.05) is 17.8 Å². The average Bonchev–Trinajstić information content (AvgIpc) is 2.47. The van der Waals surface area contributed by atoms with Gasteiger partial charge in [0.15, 0.2) is 5.78 Å². The van der Waals surface area contributed by atoms with Gasteiger partial charge in [-0.1, -0.05) is 30.3 Å². The van der Waals surface area contributed by atoms with E-state index >= 15 is 0 Å². The first-order valence-electron chi connectivity index (χ1n) is 6.93. The van der Waals surface area contributed by atoms with Crippen molar-refractivity contribution < 1.29 is 4.79 Å². The van der Waals surface area contributed by atoms with Crippen LogP contribution in [-0.2, 0) is 0 Å². The largest absolute Gasteiger partial charge is 0.330 e. The van der Waals surface area contributed by atoms with Crippen molar-refractivity contribution in [3.8, 4) is 0 Å². The van der Waals surface area contributed by atoms with Gasteiger partial charge in [0.05, 0.1) is 12.5 Å². The Bertz CT molecular complexity index is 626. The number of hydrogen-bond donors (Lipinski definition) is 0. The van der Waals surface area contributed by atoms with E-state index in [-0.39, 0.29) is 11.7 Å². The van der Waals surface area contributed by atoms with Crippen LogP contribution in [0.1, 0.15) is 24.2 Å². The molecule has 1 unspecified atom stereocenters. The highest BCUT2D eigenvalue weighted by Gasteiger charge is 2.29. The Kier molecular flexibility index (Phi) is 3.26. The van der Waals surface area contributed by atoms with E-state index in [1.165, 1.54) is 5.57 Å². The molecule has 102 valence electrons. The molecule has 0 saturated heterocycles. The molecule has 3 nitrogen and oxygen atoms in total. The van der Waals surface area contributed by atoms with Gasteiger partial charge in [0.2, 0.25) is 0 Å². The maximum atomic E-state index is 12.5. The molecule has 0 N–H and O–H groups in total. The Morgan fingerprint density at radius 1 is 1.20 bits per heavy atom. The fourth-order valence-electron chi connectivity index (χ4n) is 2.77. The third-order valence-corrected chi connectivity index (χ3v) is 3.80. The standard InChI is InChI=1S/C17H18N2O/c1-12-8-13(2)19-11-15(10-18-16(19)9-12)17(20)14-6-4-3-5-7-14/h3-9,15H,10-11H2,1-2H3. The van der Waals surface area contributed by atoms with Gasteiger partial charge in [-0.3, -0.25) is 9.79 Å². The molecule has 0 amide bonds. The first-order chi connectivity index (χ1) is 9.65. The SMILES string of the molecule is CC1=CC2=NCC(C(=O)c3ccccc3)CN2C(C)=C1. The molecule has 0 saturated carbocycles. The summed E-state index contributed by atoms with van der Waals surface area (Å²) in [6.45, 7) is 5.45. The van der Waals surface area contributed by atoms with E-state index in [9.17, 15) is 4.79 Å². The lowest BCUT2D eigenvalue weighted by Crippen LogP contribution is -2.42. The summed E-state index contributed by atoms with van der Waals surface area (Å²) in [4.78, 5) is 19.2. The van der Waals surface area contributed by atoms with Crippen molar-refractivity contribution in [2.75, 3.05) is 13.1 Å². The number of fused-ring (bicyclic) bond motifs is 1. The zero-order valence-corrected chi connectivity index (χ0v) is 11.8. The second-order valence-corrected chi connectivity index (χ2v) is 5.41. The molecule has 1 aromatic carbocycles. The quantitative estimate of drug-likeness (QED) is 0.771. The van der Waals surface area contributed by atoms with Crippen molar-refractivity contribution in [1.29, 1.82) is 0 Å². The van der Waals surface area contributed by atoms with Gasteiger partial charge < -0.3 is 4.90 Å². The van der Waals surface area contributed by atoms with E-state index in [1.54, 1.807) is 0 Å². The summed E-state index contributed by atoms with van der Waals surface area (Å²) in [5.41, 5.74) is 3.15. The second kappa shape index (κ2) is 5.08. The van der Waals surface area contributed by atoms with Gasteiger partial charge in [-0.05, 0) is 31.6 Å². The van der Waals surface area contributed by atoms with E-state index in [0.717, 1.165) is 23.6 Å². The lowest BCUT2D eigenvalue weighted by molar-refractivity contribution is 0.0907. The number of carbonyl (C=O) groups is 1. The molecule has 0 fully saturated rings. The molecule has 1 aromatic rings. The molecule has 0 bridgehead atoms. The molecule has 1 atom stereocenters. The van der Waals surface area contributed by atoms with E-state index < -0.39 is 0 Å². The molecule has 0 spiro atoms. The number of benzene rings is 1. The lowest BCUT2D eigenvalue weighted by atomic mass is 9.94. The molecule has 2 aliphatic rings. The molecule has 3 rings (SSSR count). The minimum atomic E-state index is -0.0590. The molecular formula is C17H18N2O. The predicted molar refractivity (Wildman–Crippen MR) is 80.8 cm³/mol. The maximum Gasteiger partial charge on any atom is 0.169 e. The first-order valence-corrected chi connectivity index (χ1v) is 6.93. The minimum absolute atomic E-state index is 0.0590. The summed E-state index contributed by atoms with van der Waals surface area (Å²) in [6, 6.07) is 9.50. The van der Waals surface area contributed by atoms with Crippen LogP contribution in [-0.4, -0.2) is 29.6 Å². The fraction of sp³-hybridized carbons (Fsp3) is 0.294. The van der Waals surface area contributed by atoms with Crippen LogP contribution >= 0.6 is 0 Å². The zero-order valence-electron chi connectivity index (χ0n) is 11.8. The highest BCUT2D eigenvalue weighted by atomic mass is 16.1. The molecule has 20 heavy (non-hydrogen) atoms. The zero-order chi connectivity index (χ0) is 14.1. The van der Waals surface area contributed by atoms with Crippen LogP contribution < -0.4 is 0 Å². The number of nitrogens with zero attached hydrogens (tertiary/aromatic N) is 2. The molecule has 0 aliphatic carbocycles. The van der Waals surface area contributed by atoms with Crippen LogP contribution in [0.3, 0.4) is 0 Å². The van der Waals surface area contributed by atoms with Crippen LogP contribution in [0.15, 0.2) is 58.7 Å². The van der Waals surface area contributed by atoms with Gasteiger partial charge in [-0.25, -0.2) is 0 Å². The van der Waals surface area contributed by atoms with Crippen molar-refractivity contribution >= 4 is 11.6 Å². The van der Waals surface area contributed by atoms with E-state index in [0.29, 0.717) is 6.54 Å². The molecular weight excluding hydrogens is 248 g/mol. The van der Waals surface area contributed by atoms with Crippen molar-refractivity contribution in [2.24, 2.45) is 10.9 Å². The molecule has 2 aliphatic heterocycles. The smallest absolute Gasteiger partial charge is 0.169 e. The summed E-state index contributed by atoms with van der Waals surface area (Å²) in [6.07, 6.45) is 4.21. The number of hydrogen-bond acceptors (Lipinski definition) is 3. The Labute approximate surface area is 119 Å². The van der Waals surface area contributed by atoms with Gasteiger partial charge in [0.25, 0.3) is 0 Å². The summed E-state index contributed by atoms with van der Waals surface area (Å²) in [7, 11) is 0. The summed E-state index contributed by atoms with van der Waals surface area (Å²) in [5, 5.41) is 0. The number of amidine groups is 1. The van der Waals surface area contributed by atoms with Gasteiger partial charge in [-0.2, -0.15) is 0 Å². The average molecular weight is 266 g/mol. The van der Waals surface area contributed by atoms with Gasteiger partial charge in [0.1, 0.15) is 5.84 Å². The Morgan fingerprint density at radius 3 is 2.70 bits per heavy atom. The van der Waals surface area contributed by atoms with Crippen LogP contribution in [0.5, 0.6) is 0 Å². The van der Waals surface area contributed by atoms with E-state index in [2.05, 4.69) is 35.9 Å². The monoisotopic (exact) mass is 266 g/mol. The van der Waals surface area contributed by atoms with Crippen molar-refractivity contribution in [3.05, 3.63) is 59.3 Å². The Hall–Kier alpha value is -2.16. The van der Waals surface area contributed by atoms with Crippen molar-refractivity contribution in [1.82, 2.24) is 4.90 Å². The molecule has 3 heteroatoms.